The lowest BCUT2D eigenvalue weighted by atomic mass is 10.2. The summed E-state index contributed by atoms with van der Waals surface area (Å²) in [5, 5.41) is 14.6. The van der Waals surface area contributed by atoms with E-state index < -0.39 is 0 Å². The molecule has 110 valence electrons. The standard InChI is InChI=1S/C14H15N3O2S2/c1-3-12-13(21-16-15-12)14(19)17(2)8-11-7-10(9-20-11)5-4-6-18/h7,9,18H,3,6,8H2,1-2H3. The summed E-state index contributed by atoms with van der Waals surface area (Å²) in [6.45, 7) is 2.33. The maximum absolute atomic E-state index is 12.4. The molecule has 0 aliphatic heterocycles. The van der Waals surface area contributed by atoms with Crippen molar-refractivity contribution in [1.82, 2.24) is 14.5 Å². The van der Waals surface area contributed by atoms with Crippen LogP contribution < -0.4 is 0 Å². The van der Waals surface area contributed by atoms with Crippen molar-refractivity contribution >= 4 is 28.8 Å². The van der Waals surface area contributed by atoms with Crippen molar-refractivity contribution in [2.75, 3.05) is 13.7 Å². The minimum Gasteiger partial charge on any atom is -0.384 e. The van der Waals surface area contributed by atoms with Crippen molar-refractivity contribution in [3.63, 3.8) is 0 Å². The van der Waals surface area contributed by atoms with Crippen LogP contribution in [0.15, 0.2) is 11.4 Å². The third-order valence-corrected chi connectivity index (χ3v) is 4.47. The molecule has 1 amide bonds. The molecule has 0 saturated heterocycles. The van der Waals surface area contributed by atoms with Crippen LogP contribution >= 0.6 is 22.9 Å². The van der Waals surface area contributed by atoms with Gasteiger partial charge in [-0.15, -0.1) is 16.4 Å². The third-order valence-electron chi connectivity index (χ3n) is 2.79. The van der Waals surface area contributed by atoms with E-state index in [1.165, 1.54) is 0 Å². The molecule has 0 spiro atoms. The van der Waals surface area contributed by atoms with Gasteiger partial charge in [0.2, 0.25) is 0 Å². The molecule has 0 aromatic carbocycles. The van der Waals surface area contributed by atoms with Gasteiger partial charge in [-0.3, -0.25) is 4.79 Å². The fourth-order valence-electron chi connectivity index (χ4n) is 1.75. The maximum Gasteiger partial charge on any atom is 0.267 e. The molecular weight excluding hydrogens is 306 g/mol. The van der Waals surface area contributed by atoms with Crippen LogP contribution in [0, 0.1) is 11.8 Å². The SMILES string of the molecule is CCc1nnsc1C(=O)N(C)Cc1cc(C#CCO)cs1. The van der Waals surface area contributed by atoms with Crippen LogP contribution in [0.4, 0.5) is 0 Å². The minimum atomic E-state index is -0.151. The van der Waals surface area contributed by atoms with Crippen LogP contribution in [0.3, 0.4) is 0 Å². The van der Waals surface area contributed by atoms with E-state index >= 15 is 0 Å². The smallest absolute Gasteiger partial charge is 0.267 e. The Kier molecular flexibility index (Phi) is 5.44. The molecule has 2 rings (SSSR count). The van der Waals surface area contributed by atoms with E-state index in [0.717, 1.165) is 27.7 Å². The van der Waals surface area contributed by atoms with E-state index in [2.05, 4.69) is 21.4 Å². The molecule has 2 aromatic rings. The Morgan fingerprint density at radius 1 is 1.52 bits per heavy atom. The third kappa shape index (κ3) is 3.88. The minimum absolute atomic E-state index is 0.0572. The van der Waals surface area contributed by atoms with E-state index in [9.17, 15) is 4.79 Å². The molecule has 7 heteroatoms. The second kappa shape index (κ2) is 7.31. The molecule has 0 atom stereocenters. The number of carbonyl (C=O) groups excluding carboxylic acids is 1. The van der Waals surface area contributed by atoms with E-state index in [1.54, 1.807) is 23.3 Å². The zero-order valence-electron chi connectivity index (χ0n) is 11.8. The van der Waals surface area contributed by atoms with Crippen LogP contribution in [0.1, 0.15) is 32.7 Å². The lowest BCUT2D eigenvalue weighted by Crippen LogP contribution is -2.25. The van der Waals surface area contributed by atoms with E-state index in [4.69, 9.17) is 5.11 Å². The van der Waals surface area contributed by atoms with Gasteiger partial charge in [0.15, 0.2) is 0 Å². The van der Waals surface area contributed by atoms with Crippen LogP contribution in [-0.2, 0) is 13.0 Å². The Bertz CT molecular complexity index is 682. The summed E-state index contributed by atoms with van der Waals surface area (Å²) in [7, 11) is 1.76. The predicted molar refractivity (Wildman–Crippen MR) is 83.4 cm³/mol. The van der Waals surface area contributed by atoms with E-state index in [0.29, 0.717) is 17.8 Å². The zero-order valence-corrected chi connectivity index (χ0v) is 13.4. The highest BCUT2D eigenvalue weighted by Crippen LogP contribution is 2.19. The molecule has 2 aromatic heterocycles. The Hall–Kier alpha value is -1.75. The largest absolute Gasteiger partial charge is 0.384 e. The number of hydrogen-bond acceptors (Lipinski definition) is 6. The molecule has 0 radical (unpaired) electrons. The van der Waals surface area contributed by atoms with Gasteiger partial charge in [0.05, 0.1) is 12.2 Å². The van der Waals surface area contributed by atoms with Crippen molar-refractivity contribution in [3.05, 3.63) is 32.5 Å². The van der Waals surface area contributed by atoms with Crippen molar-refractivity contribution in [2.45, 2.75) is 19.9 Å². The molecule has 1 N–H and O–H groups in total. The number of hydrogen-bond donors (Lipinski definition) is 1. The van der Waals surface area contributed by atoms with Gasteiger partial charge in [-0.1, -0.05) is 23.3 Å². The second-order valence-corrected chi connectivity index (χ2v) is 6.08. The molecule has 0 saturated carbocycles. The first-order chi connectivity index (χ1) is 10.2. The fraction of sp³-hybridized carbons (Fsp3) is 0.357. The normalized spacial score (nSPS) is 10.0. The van der Waals surface area contributed by atoms with Gasteiger partial charge >= 0.3 is 0 Å². The first kappa shape index (κ1) is 15.6. The van der Waals surface area contributed by atoms with Crippen molar-refractivity contribution in [2.24, 2.45) is 0 Å². The molecule has 0 unspecified atom stereocenters. The van der Waals surface area contributed by atoms with Gasteiger partial charge in [-0.2, -0.15) is 0 Å². The lowest BCUT2D eigenvalue weighted by molar-refractivity contribution is 0.0790. The van der Waals surface area contributed by atoms with Crippen LogP contribution in [0.25, 0.3) is 0 Å². The van der Waals surface area contributed by atoms with Gasteiger partial charge in [-0.05, 0) is 24.0 Å². The number of aliphatic hydroxyl groups is 1. The van der Waals surface area contributed by atoms with Crippen molar-refractivity contribution in [3.8, 4) is 11.8 Å². The van der Waals surface area contributed by atoms with Gasteiger partial charge in [0, 0.05) is 22.9 Å². The molecule has 5 nitrogen and oxygen atoms in total. The molecule has 0 bridgehead atoms. The van der Waals surface area contributed by atoms with E-state index in [-0.39, 0.29) is 12.5 Å². The molecule has 2 heterocycles. The highest BCUT2D eigenvalue weighted by Gasteiger charge is 2.19. The summed E-state index contributed by atoms with van der Waals surface area (Å²) in [4.78, 5) is 15.7. The Morgan fingerprint density at radius 2 is 2.33 bits per heavy atom. The Morgan fingerprint density at radius 3 is 3.05 bits per heavy atom. The summed E-state index contributed by atoms with van der Waals surface area (Å²) < 4.78 is 3.85. The number of aromatic nitrogens is 2. The van der Waals surface area contributed by atoms with Crippen LogP contribution in [-0.4, -0.2) is 39.2 Å². The summed E-state index contributed by atoms with van der Waals surface area (Å²) in [6.07, 6.45) is 0.700. The topological polar surface area (TPSA) is 66.3 Å². The zero-order chi connectivity index (χ0) is 15.2. The lowest BCUT2D eigenvalue weighted by Gasteiger charge is -2.15. The quantitative estimate of drug-likeness (QED) is 0.872. The highest BCUT2D eigenvalue weighted by atomic mass is 32.1. The van der Waals surface area contributed by atoms with Gasteiger partial charge in [0.25, 0.3) is 5.91 Å². The highest BCUT2D eigenvalue weighted by molar-refractivity contribution is 7.10. The number of amides is 1. The number of carbonyl (C=O) groups is 1. The number of aliphatic hydroxyl groups excluding tert-OH is 1. The van der Waals surface area contributed by atoms with Gasteiger partial charge in [-0.25, -0.2) is 0 Å². The molecular formula is C14H15N3O2S2. The maximum atomic E-state index is 12.4. The van der Waals surface area contributed by atoms with Crippen LogP contribution in [0.2, 0.25) is 0 Å². The summed E-state index contributed by atoms with van der Waals surface area (Å²) >= 11 is 2.69. The summed E-state index contributed by atoms with van der Waals surface area (Å²) in [5.74, 6) is 5.40. The monoisotopic (exact) mass is 321 g/mol. The fourth-order valence-corrected chi connectivity index (χ4v) is 3.37. The van der Waals surface area contributed by atoms with E-state index in [1.807, 2.05) is 18.4 Å². The molecule has 0 aliphatic carbocycles. The van der Waals surface area contributed by atoms with Crippen LogP contribution in [0.5, 0.6) is 0 Å². The predicted octanol–water partition coefficient (Wildman–Crippen LogP) is 1.78. The average Bonchev–Trinajstić information content (AvgIpc) is 3.12. The van der Waals surface area contributed by atoms with Gasteiger partial charge < -0.3 is 10.0 Å². The number of rotatable bonds is 4. The first-order valence-corrected chi connectivity index (χ1v) is 8.04. The Labute approximate surface area is 131 Å². The molecule has 0 aliphatic rings. The van der Waals surface area contributed by atoms with Gasteiger partial charge in [0.1, 0.15) is 11.5 Å². The molecule has 21 heavy (non-hydrogen) atoms. The van der Waals surface area contributed by atoms with Crippen molar-refractivity contribution in [1.29, 1.82) is 0 Å². The number of aryl methyl sites for hydroxylation is 1. The first-order valence-electron chi connectivity index (χ1n) is 6.39. The van der Waals surface area contributed by atoms with Crippen molar-refractivity contribution < 1.29 is 9.90 Å². The average molecular weight is 321 g/mol. The summed E-state index contributed by atoms with van der Waals surface area (Å²) in [5.41, 5.74) is 1.61. The summed E-state index contributed by atoms with van der Waals surface area (Å²) in [6, 6.07) is 1.93. The Balaban J connectivity index is 2.05. The molecule has 0 fully saturated rings. The number of thiophene rings is 1. The second-order valence-electron chi connectivity index (χ2n) is 4.33. The number of nitrogens with zero attached hydrogens (tertiary/aromatic N) is 3.